The number of guanidine groups is 1. The zero-order valence-electron chi connectivity index (χ0n) is 17.7. The van der Waals surface area contributed by atoms with Crippen molar-refractivity contribution in [2.45, 2.75) is 38.8 Å². The van der Waals surface area contributed by atoms with E-state index in [2.05, 4.69) is 77.6 Å². The van der Waals surface area contributed by atoms with E-state index < -0.39 is 0 Å². The molecule has 1 fully saturated rings. The molecule has 2 atom stereocenters. The summed E-state index contributed by atoms with van der Waals surface area (Å²) in [5, 5.41) is 7.81. The van der Waals surface area contributed by atoms with Crippen molar-refractivity contribution in [1.29, 1.82) is 0 Å². The topological polar surface area (TPSA) is 48.7 Å². The van der Waals surface area contributed by atoms with Gasteiger partial charge in [0.2, 0.25) is 0 Å². The number of aliphatic imine (C=N–C) groups is 1. The highest BCUT2D eigenvalue weighted by molar-refractivity contribution is 5.80. The lowest BCUT2D eigenvalue weighted by Crippen LogP contribution is -2.41. The van der Waals surface area contributed by atoms with Gasteiger partial charge in [-0.05, 0) is 38.4 Å². The molecule has 2 heterocycles. The number of hydrogen-bond acceptors (Lipinski definition) is 3. The maximum absolute atomic E-state index is 4.96. The summed E-state index contributed by atoms with van der Waals surface area (Å²) in [6.07, 6.45) is 5.29. The first kappa shape index (κ1) is 20.4. The average Bonchev–Trinajstić information content (AvgIpc) is 3.34. The third kappa shape index (κ3) is 5.35. The fourth-order valence-electron chi connectivity index (χ4n) is 3.69. The molecule has 3 rings (SSSR count). The average molecular weight is 383 g/mol. The van der Waals surface area contributed by atoms with Gasteiger partial charge in [0.15, 0.2) is 5.96 Å². The standard InChI is InChI=1S/C22H34N6/c1-5-23-22(28-12-11-20(17-28)21-14-25-27(4)16-21)24-13-18(2)26(3)15-19-9-7-6-8-10-19/h6-10,14,16,18,20H,5,11-13,15,17H2,1-4H3,(H,23,24). The number of nitrogens with zero attached hydrogens (tertiary/aromatic N) is 5. The first-order valence-electron chi connectivity index (χ1n) is 10.3. The van der Waals surface area contributed by atoms with Crippen molar-refractivity contribution in [1.82, 2.24) is 24.9 Å². The number of hydrogen-bond donors (Lipinski definition) is 1. The molecule has 1 aromatic carbocycles. The molecule has 1 N–H and O–H groups in total. The molecule has 0 bridgehead atoms. The van der Waals surface area contributed by atoms with Crippen LogP contribution in [0.25, 0.3) is 0 Å². The van der Waals surface area contributed by atoms with Crippen LogP contribution >= 0.6 is 0 Å². The molecular weight excluding hydrogens is 348 g/mol. The van der Waals surface area contributed by atoms with Crippen LogP contribution < -0.4 is 5.32 Å². The molecule has 1 saturated heterocycles. The molecule has 6 nitrogen and oxygen atoms in total. The molecule has 2 aromatic rings. The van der Waals surface area contributed by atoms with Crippen molar-refractivity contribution >= 4 is 5.96 Å². The number of likely N-dealkylation sites (N-methyl/N-ethyl adjacent to an activating group) is 1. The molecule has 6 heteroatoms. The van der Waals surface area contributed by atoms with Crippen molar-refractivity contribution in [3.8, 4) is 0 Å². The molecule has 2 unspecified atom stereocenters. The highest BCUT2D eigenvalue weighted by Gasteiger charge is 2.27. The zero-order valence-corrected chi connectivity index (χ0v) is 17.7. The van der Waals surface area contributed by atoms with Crippen LogP contribution in [-0.4, -0.2) is 64.8 Å². The van der Waals surface area contributed by atoms with Gasteiger partial charge in [-0.1, -0.05) is 30.3 Å². The Kier molecular flexibility index (Phi) is 7.09. The van der Waals surface area contributed by atoms with E-state index in [1.54, 1.807) is 0 Å². The van der Waals surface area contributed by atoms with Crippen molar-refractivity contribution in [3.63, 3.8) is 0 Å². The van der Waals surface area contributed by atoms with E-state index in [1.807, 2.05) is 17.9 Å². The minimum absolute atomic E-state index is 0.380. The second kappa shape index (κ2) is 9.73. The molecule has 1 aliphatic rings. The monoisotopic (exact) mass is 382 g/mol. The summed E-state index contributed by atoms with van der Waals surface area (Å²) < 4.78 is 1.89. The Hall–Kier alpha value is -2.34. The van der Waals surface area contributed by atoms with E-state index in [0.717, 1.165) is 45.1 Å². The molecule has 28 heavy (non-hydrogen) atoms. The van der Waals surface area contributed by atoms with Gasteiger partial charge in [0.25, 0.3) is 0 Å². The van der Waals surface area contributed by atoms with Gasteiger partial charge < -0.3 is 10.2 Å². The third-order valence-electron chi connectivity index (χ3n) is 5.55. The van der Waals surface area contributed by atoms with Crippen molar-refractivity contribution in [2.24, 2.45) is 12.0 Å². The molecule has 0 amide bonds. The summed E-state index contributed by atoms with van der Waals surface area (Å²) >= 11 is 0. The van der Waals surface area contributed by atoms with Gasteiger partial charge in [0.1, 0.15) is 0 Å². The van der Waals surface area contributed by atoms with E-state index >= 15 is 0 Å². The summed E-state index contributed by atoms with van der Waals surface area (Å²) in [5.74, 6) is 1.57. The van der Waals surface area contributed by atoms with E-state index in [1.165, 1.54) is 11.1 Å². The third-order valence-corrected chi connectivity index (χ3v) is 5.55. The van der Waals surface area contributed by atoms with Gasteiger partial charge in [0, 0.05) is 51.4 Å². The number of nitrogens with one attached hydrogen (secondary N) is 1. The quantitative estimate of drug-likeness (QED) is 0.591. The number of aromatic nitrogens is 2. The summed E-state index contributed by atoms with van der Waals surface area (Å²) in [5.41, 5.74) is 2.67. The summed E-state index contributed by atoms with van der Waals surface area (Å²) in [4.78, 5) is 9.72. The van der Waals surface area contributed by atoms with Crippen LogP contribution in [-0.2, 0) is 13.6 Å². The van der Waals surface area contributed by atoms with Crippen molar-refractivity contribution in [3.05, 3.63) is 53.9 Å². The van der Waals surface area contributed by atoms with Crippen LogP contribution in [0.5, 0.6) is 0 Å². The van der Waals surface area contributed by atoms with Gasteiger partial charge in [0.05, 0.1) is 12.7 Å². The van der Waals surface area contributed by atoms with E-state index in [-0.39, 0.29) is 0 Å². The van der Waals surface area contributed by atoms with Crippen LogP contribution in [0.3, 0.4) is 0 Å². The molecule has 0 spiro atoms. The lowest BCUT2D eigenvalue weighted by molar-refractivity contribution is 0.254. The SMILES string of the molecule is CCNC(=NCC(C)N(C)Cc1ccccc1)N1CCC(c2cnn(C)c2)C1. The predicted molar refractivity (Wildman–Crippen MR) is 115 cm³/mol. The second-order valence-corrected chi connectivity index (χ2v) is 7.82. The molecule has 0 aliphatic carbocycles. The second-order valence-electron chi connectivity index (χ2n) is 7.82. The predicted octanol–water partition coefficient (Wildman–Crippen LogP) is 2.70. The van der Waals surface area contributed by atoms with E-state index in [9.17, 15) is 0 Å². The van der Waals surface area contributed by atoms with Gasteiger partial charge in [-0.15, -0.1) is 0 Å². The highest BCUT2D eigenvalue weighted by atomic mass is 15.3. The largest absolute Gasteiger partial charge is 0.357 e. The smallest absolute Gasteiger partial charge is 0.193 e. The maximum Gasteiger partial charge on any atom is 0.193 e. The van der Waals surface area contributed by atoms with E-state index in [0.29, 0.717) is 12.0 Å². The Morgan fingerprint density at radius 3 is 2.82 bits per heavy atom. The maximum atomic E-state index is 4.96. The number of aryl methyl sites for hydroxylation is 1. The number of benzene rings is 1. The zero-order chi connectivity index (χ0) is 19.9. The lowest BCUT2D eigenvalue weighted by Gasteiger charge is -2.26. The molecule has 152 valence electrons. The minimum atomic E-state index is 0.380. The van der Waals surface area contributed by atoms with Crippen molar-refractivity contribution < 1.29 is 0 Å². The van der Waals surface area contributed by atoms with E-state index in [4.69, 9.17) is 4.99 Å². The Morgan fingerprint density at radius 2 is 2.14 bits per heavy atom. The molecule has 0 saturated carbocycles. The fourth-order valence-corrected chi connectivity index (χ4v) is 3.69. The van der Waals surface area contributed by atoms with Crippen LogP contribution in [0.1, 0.15) is 37.3 Å². The van der Waals surface area contributed by atoms with Crippen molar-refractivity contribution in [2.75, 3.05) is 33.2 Å². The summed E-state index contributed by atoms with van der Waals surface area (Å²) in [6.45, 7) is 9.06. The minimum Gasteiger partial charge on any atom is -0.357 e. The first-order chi connectivity index (χ1) is 13.6. The van der Waals surface area contributed by atoms with Gasteiger partial charge in [-0.2, -0.15) is 5.10 Å². The number of likely N-dealkylation sites (tertiary alicyclic amines) is 1. The van der Waals surface area contributed by atoms with Crippen LogP contribution in [0.4, 0.5) is 0 Å². The molecule has 0 radical (unpaired) electrons. The fraction of sp³-hybridized carbons (Fsp3) is 0.545. The Labute approximate surface area is 169 Å². The summed E-state index contributed by atoms with van der Waals surface area (Å²) in [7, 11) is 4.16. The van der Waals surface area contributed by atoms with Crippen LogP contribution in [0.15, 0.2) is 47.7 Å². The lowest BCUT2D eigenvalue weighted by atomic mass is 10.0. The Balaban J connectivity index is 1.57. The van der Waals surface area contributed by atoms with Crippen LogP contribution in [0, 0.1) is 0 Å². The first-order valence-corrected chi connectivity index (χ1v) is 10.3. The van der Waals surface area contributed by atoms with Gasteiger partial charge >= 0.3 is 0 Å². The van der Waals surface area contributed by atoms with Crippen LogP contribution in [0.2, 0.25) is 0 Å². The van der Waals surface area contributed by atoms with Gasteiger partial charge in [-0.25, -0.2) is 0 Å². The van der Waals surface area contributed by atoms with Gasteiger partial charge in [-0.3, -0.25) is 14.6 Å². The molecular formula is C22H34N6. The normalized spacial score (nSPS) is 18.7. The Bertz CT molecular complexity index is 753. The summed E-state index contributed by atoms with van der Waals surface area (Å²) in [6, 6.07) is 11.0. The molecule has 1 aliphatic heterocycles. The number of rotatable bonds is 7. The highest BCUT2D eigenvalue weighted by Crippen LogP contribution is 2.26. The Morgan fingerprint density at radius 1 is 1.36 bits per heavy atom. The molecule has 1 aromatic heterocycles.